The van der Waals surface area contributed by atoms with Crippen molar-refractivity contribution in [3.8, 4) is 17.2 Å². The fraction of sp³-hybridized carbons (Fsp3) is 0.381. The van der Waals surface area contributed by atoms with E-state index in [4.69, 9.17) is 9.47 Å². The summed E-state index contributed by atoms with van der Waals surface area (Å²) in [5.41, 5.74) is 1.84. The van der Waals surface area contributed by atoms with Crippen LogP contribution in [0.4, 0.5) is 5.69 Å². The molecule has 2 aliphatic rings. The molecule has 0 saturated carbocycles. The van der Waals surface area contributed by atoms with Gasteiger partial charge in [-0.25, -0.2) is 0 Å². The van der Waals surface area contributed by atoms with Crippen LogP contribution in [0.1, 0.15) is 18.5 Å². The maximum absolute atomic E-state index is 12.5. The summed E-state index contributed by atoms with van der Waals surface area (Å²) >= 11 is 0. The highest BCUT2D eigenvalue weighted by Crippen LogP contribution is 2.34. The number of hydrogen-bond donors (Lipinski definition) is 2. The average molecular weight is 383 g/mol. The number of hydrogen-bond acceptors (Lipinski definition) is 6. The van der Waals surface area contributed by atoms with Crippen molar-refractivity contribution < 1.29 is 19.4 Å². The van der Waals surface area contributed by atoms with Crippen molar-refractivity contribution in [2.45, 2.75) is 13.0 Å². The Kier molecular flexibility index (Phi) is 5.25. The van der Waals surface area contributed by atoms with Gasteiger partial charge in [0.2, 0.25) is 12.7 Å². The van der Waals surface area contributed by atoms with Gasteiger partial charge in [0, 0.05) is 26.2 Å². The molecule has 2 aromatic carbocycles. The highest BCUT2D eigenvalue weighted by atomic mass is 16.7. The molecule has 2 aromatic rings. The van der Waals surface area contributed by atoms with Gasteiger partial charge >= 0.3 is 0 Å². The van der Waals surface area contributed by atoms with Crippen molar-refractivity contribution >= 4 is 11.6 Å². The Morgan fingerprint density at radius 3 is 2.64 bits per heavy atom. The van der Waals surface area contributed by atoms with Crippen LogP contribution in [0.3, 0.4) is 0 Å². The molecule has 1 amide bonds. The number of anilines is 1. The van der Waals surface area contributed by atoms with E-state index in [-0.39, 0.29) is 18.7 Å². The number of phenols is 1. The first-order valence-corrected chi connectivity index (χ1v) is 9.54. The second-order valence-corrected chi connectivity index (χ2v) is 7.15. The topological polar surface area (TPSA) is 74.3 Å². The predicted molar refractivity (Wildman–Crippen MR) is 106 cm³/mol. The Morgan fingerprint density at radius 1 is 1.11 bits per heavy atom. The SMILES string of the molecule is C[C@@H](NC(=O)CN1CCN(c2ccccc2O)CC1)c1ccc2c(c1)OCO2. The number of fused-ring (bicyclic) bond motifs is 1. The Labute approximate surface area is 164 Å². The van der Waals surface area contributed by atoms with Crippen LogP contribution >= 0.6 is 0 Å². The summed E-state index contributed by atoms with van der Waals surface area (Å²) in [5, 5.41) is 13.1. The number of amides is 1. The van der Waals surface area contributed by atoms with Crippen LogP contribution in [0.5, 0.6) is 17.2 Å². The Hall–Kier alpha value is -2.93. The van der Waals surface area contributed by atoms with Crippen LogP contribution in [0.2, 0.25) is 0 Å². The zero-order valence-electron chi connectivity index (χ0n) is 15.9. The molecule has 2 heterocycles. The van der Waals surface area contributed by atoms with E-state index in [9.17, 15) is 9.90 Å². The molecular formula is C21H25N3O4. The second kappa shape index (κ2) is 7.98. The van der Waals surface area contributed by atoms with Crippen LogP contribution in [0, 0.1) is 0 Å². The first kappa shape index (κ1) is 18.4. The number of nitrogens with one attached hydrogen (secondary N) is 1. The molecule has 1 saturated heterocycles. The van der Waals surface area contributed by atoms with Gasteiger partial charge in [0.05, 0.1) is 18.3 Å². The first-order chi connectivity index (χ1) is 13.6. The van der Waals surface area contributed by atoms with Gasteiger partial charge in [-0.2, -0.15) is 0 Å². The van der Waals surface area contributed by atoms with Gasteiger partial charge < -0.3 is 24.8 Å². The number of carbonyl (C=O) groups excluding carboxylic acids is 1. The van der Waals surface area contributed by atoms with Gasteiger partial charge in [-0.15, -0.1) is 0 Å². The lowest BCUT2D eigenvalue weighted by Crippen LogP contribution is -2.49. The van der Waals surface area contributed by atoms with Crippen LogP contribution < -0.4 is 19.7 Å². The van der Waals surface area contributed by atoms with Gasteiger partial charge in [-0.05, 0) is 36.8 Å². The van der Waals surface area contributed by atoms with Crippen LogP contribution in [-0.2, 0) is 4.79 Å². The number of aromatic hydroxyl groups is 1. The molecular weight excluding hydrogens is 358 g/mol. The molecule has 4 rings (SSSR count). The lowest BCUT2D eigenvalue weighted by molar-refractivity contribution is -0.123. The van der Waals surface area contributed by atoms with Crippen molar-refractivity contribution in [1.82, 2.24) is 10.2 Å². The molecule has 7 nitrogen and oxygen atoms in total. The third-order valence-electron chi connectivity index (χ3n) is 5.24. The third kappa shape index (κ3) is 3.99. The summed E-state index contributed by atoms with van der Waals surface area (Å²) in [6, 6.07) is 13.0. The van der Waals surface area contributed by atoms with E-state index in [1.807, 2.05) is 43.3 Å². The molecule has 148 valence electrons. The molecule has 0 spiro atoms. The maximum Gasteiger partial charge on any atom is 0.234 e. The van der Waals surface area contributed by atoms with Gasteiger partial charge in [-0.3, -0.25) is 9.69 Å². The Balaban J connectivity index is 1.27. The summed E-state index contributed by atoms with van der Waals surface area (Å²) in [5.74, 6) is 1.76. The Bertz CT molecular complexity index is 849. The van der Waals surface area contributed by atoms with E-state index >= 15 is 0 Å². The minimum absolute atomic E-state index is 0.00109. The zero-order chi connectivity index (χ0) is 19.5. The smallest absolute Gasteiger partial charge is 0.234 e. The van der Waals surface area contributed by atoms with E-state index in [0.717, 1.165) is 48.9 Å². The Morgan fingerprint density at radius 2 is 1.86 bits per heavy atom. The van der Waals surface area contributed by atoms with Gasteiger partial charge in [0.15, 0.2) is 11.5 Å². The molecule has 28 heavy (non-hydrogen) atoms. The van der Waals surface area contributed by atoms with Gasteiger partial charge in [-0.1, -0.05) is 18.2 Å². The van der Waals surface area contributed by atoms with Crippen molar-refractivity contribution in [3.63, 3.8) is 0 Å². The van der Waals surface area contributed by atoms with Crippen molar-refractivity contribution in [1.29, 1.82) is 0 Å². The van der Waals surface area contributed by atoms with E-state index in [1.54, 1.807) is 6.07 Å². The second-order valence-electron chi connectivity index (χ2n) is 7.15. The lowest BCUT2D eigenvalue weighted by Gasteiger charge is -2.36. The summed E-state index contributed by atoms with van der Waals surface area (Å²) in [6.07, 6.45) is 0. The molecule has 7 heteroatoms. The fourth-order valence-electron chi connectivity index (χ4n) is 3.63. The minimum atomic E-state index is -0.107. The number of benzene rings is 2. The highest BCUT2D eigenvalue weighted by molar-refractivity contribution is 5.78. The number of piperazine rings is 1. The number of carbonyl (C=O) groups is 1. The lowest BCUT2D eigenvalue weighted by atomic mass is 10.1. The molecule has 0 unspecified atom stereocenters. The van der Waals surface area contributed by atoms with E-state index in [1.165, 1.54) is 0 Å². The third-order valence-corrected chi connectivity index (χ3v) is 5.24. The molecule has 2 aliphatic heterocycles. The summed E-state index contributed by atoms with van der Waals surface area (Å²) in [7, 11) is 0. The van der Waals surface area contributed by atoms with Crippen LogP contribution in [0.15, 0.2) is 42.5 Å². The number of nitrogens with zero attached hydrogens (tertiary/aromatic N) is 2. The molecule has 2 N–H and O–H groups in total. The summed E-state index contributed by atoms with van der Waals surface area (Å²) in [6.45, 7) is 5.69. The van der Waals surface area contributed by atoms with E-state index < -0.39 is 0 Å². The van der Waals surface area contributed by atoms with Crippen molar-refractivity contribution in [3.05, 3.63) is 48.0 Å². The standard InChI is InChI=1S/C21H25N3O4/c1-15(16-6-7-19-20(12-16)28-14-27-19)22-21(26)13-23-8-10-24(11-9-23)17-4-2-3-5-18(17)25/h2-7,12,15,25H,8-11,13-14H2,1H3,(H,22,26)/t15-/m1/s1. The van der Waals surface area contributed by atoms with E-state index in [2.05, 4.69) is 15.1 Å². The molecule has 1 atom stereocenters. The van der Waals surface area contributed by atoms with Gasteiger partial charge in [0.1, 0.15) is 5.75 Å². The van der Waals surface area contributed by atoms with Crippen molar-refractivity contribution in [2.75, 3.05) is 44.4 Å². The molecule has 0 aromatic heterocycles. The predicted octanol–water partition coefficient (Wildman–Crippen LogP) is 2.12. The average Bonchev–Trinajstić information content (AvgIpc) is 3.17. The molecule has 1 fully saturated rings. The first-order valence-electron chi connectivity index (χ1n) is 9.54. The van der Waals surface area contributed by atoms with Gasteiger partial charge in [0.25, 0.3) is 0 Å². The summed E-state index contributed by atoms with van der Waals surface area (Å²) in [4.78, 5) is 16.8. The normalized spacial score (nSPS) is 17.4. The number of para-hydroxylation sites is 2. The van der Waals surface area contributed by atoms with Crippen LogP contribution in [0.25, 0.3) is 0 Å². The fourth-order valence-corrected chi connectivity index (χ4v) is 3.63. The molecule has 0 aliphatic carbocycles. The quantitative estimate of drug-likeness (QED) is 0.824. The summed E-state index contributed by atoms with van der Waals surface area (Å²) < 4.78 is 10.7. The largest absolute Gasteiger partial charge is 0.506 e. The van der Waals surface area contributed by atoms with Crippen molar-refractivity contribution in [2.24, 2.45) is 0 Å². The number of rotatable bonds is 5. The monoisotopic (exact) mass is 383 g/mol. The van der Waals surface area contributed by atoms with Crippen LogP contribution in [-0.4, -0.2) is 55.4 Å². The number of phenolic OH excluding ortho intramolecular Hbond substituents is 1. The zero-order valence-corrected chi connectivity index (χ0v) is 15.9. The minimum Gasteiger partial charge on any atom is -0.506 e. The number of ether oxygens (including phenoxy) is 2. The molecule has 0 radical (unpaired) electrons. The maximum atomic E-state index is 12.5. The van der Waals surface area contributed by atoms with E-state index in [0.29, 0.717) is 12.3 Å². The highest BCUT2D eigenvalue weighted by Gasteiger charge is 2.22. The molecule has 0 bridgehead atoms.